The van der Waals surface area contributed by atoms with Crippen molar-refractivity contribution in [3.8, 4) is 5.75 Å². The summed E-state index contributed by atoms with van der Waals surface area (Å²) in [5.74, 6) is 0.431. The number of oxime groups is 1. The van der Waals surface area contributed by atoms with Gasteiger partial charge in [-0.25, -0.2) is 0 Å². The summed E-state index contributed by atoms with van der Waals surface area (Å²) in [6.45, 7) is -0.171. The molecular formula is C16H15ClN2O3. The standard InChI is InChI=1S/C16H15ClN2O3/c1-21-15-8-6-14(7-9-15)19-16(20)11-22-18-10-12-2-4-13(17)5-3-12/h2-10H,11H2,1H3,(H,19,20)/b18-10-. The van der Waals surface area contributed by atoms with E-state index in [1.54, 1.807) is 55.6 Å². The van der Waals surface area contributed by atoms with Crippen molar-refractivity contribution in [3.05, 3.63) is 59.1 Å². The number of nitrogens with one attached hydrogen (secondary N) is 1. The number of anilines is 1. The van der Waals surface area contributed by atoms with E-state index in [1.165, 1.54) is 6.21 Å². The molecular weight excluding hydrogens is 304 g/mol. The van der Waals surface area contributed by atoms with E-state index in [1.807, 2.05) is 0 Å². The van der Waals surface area contributed by atoms with E-state index in [2.05, 4.69) is 10.5 Å². The highest BCUT2D eigenvalue weighted by molar-refractivity contribution is 6.30. The van der Waals surface area contributed by atoms with E-state index in [9.17, 15) is 4.79 Å². The molecule has 0 fully saturated rings. The predicted octanol–water partition coefficient (Wildman–Crippen LogP) is 3.34. The molecule has 0 radical (unpaired) electrons. The number of ether oxygens (including phenoxy) is 1. The molecule has 0 aliphatic carbocycles. The van der Waals surface area contributed by atoms with Crippen LogP contribution in [0.15, 0.2) is 53.7 Å². The Bertz CT molecular complexity index is 639. The highest BCUT2D eigenvalue weighted by Gasteiger charge is 2.02. The number of nitrogens with zero attached hydrogens (tertiary/aromatic N) is 1. The largest absolute Gasteiger partial charge is 0.497 e. The van der Waals surface area contributed by atoms with Gasteiger partial charge in [-0.2, -0.15) is 0 Å². The van der Waals surface area contributed by atoms with Crippen molar-refractivity contribution >= 4 is 29.4 Å². The van der Waals surface area contributed by atoms with Crippen molar-refractivity contribution in [2.24, 2.45) is 5.16 Å². The quantitative estimate of drug-likeness (QED) is 0.656. The number of hydrogen-bond acceptors (Lipinski definition) is 4. The van der Waals surface area contributed by atoms with Crippen LogP contribution < -0.4 is 10.1 Å². The van der Waals surface area contributed by atoms with Gasteiger partial charge >= 0.3 is 0 Å². The Morgan fingerprint density at radius 2 is 1.86 bits per heavy atom. The monoisotopic (exact) mass is 318 g/mol. The Kier molecular flexibility index (Phi) is 5.80. The van der Waals surface area contributed by atoms with Gasteiger partial charge in [0.25, 0.3) is 5.91 Å². The Morgan fingerprint density at radius 1 is 1.18 bits per heavy atom. The predicted molar refractivity (Wildman–Crippen MR) is 86.6 cm³/mol. The second-order valence-electron chi connectivity index (χ2n) is 4.34. The Labute approximate surface area is 133 Å². The molecule has 0 heterocycles. The highest BCUT2D eigenvalue weighted by atomic mass is 35.5. The smallest absolute Gasteiger partial charge is 0.265 e. The van der Waals surface area contributed by atoms with Crippen LogP contribution in [-0.4, -0.2) is 25.8 Å². The number of carbonyl (C=O) groups is 1. The van der Waals surface area contributed by atoms with E-state index >= 15 is 0 Å². The normalized spacial score (nSPS) is 10.5. The number of methoxy groups -OCH3 is 1. The number of halogens is 1. The van der Waals surface area contributed by atoms with Gasteiger partial charge < -0.3 is 14.9 Å². The zero-order valence-electron chi connectivity index (χ0n) is 12.0. The van der Waals surface area contributed by atoms with Crippen molar-refractivity contribution in [3.63, 3.8) is 0 Å². The summed E-state index contributed by atoms with van der Waals surface area (Å²) in [5.41, 5.74) is 1.50. The molecule has 0 saturated heterocycles. The summed E-state index contributed by atoms with van der Waals surface area (Å²) in [6, 6.07) is 14.1. The van der Waals surface area contributed by atoms with Crippen LogP contribution in [0.25, 0.3) is 0 Å². The van der Waals surface area contributed by atoms with Crippen LogP contribution in [0.1, 0.15) is 5.56 Å². The lowest BCUT2D eigenvalue weighted by Gasteiger charge is -2.05. The minimum Gasteiger partial charge on any atom is -0.497 e. The zero-order valence-corrected chi connectivity index (χ0v) is 12.7. The van der Waals surface area contributed by atoms with Crippen molar-refractivity contribution in [1.29, 1.82) is 0 Å². The van der Waals surface area contributed by atoms with Gasteiger partial charge in [-0.05, 0) is 42.0 Å². The lowest BCUT2D eigenvalue weighted by atomic mass is 10.2. The van der Waals surface area contributed by atoms with E-state index in [-0.39, 0.29) is 12.5 Å². The highest BCUT2D eigenvalue weighted by Crippen LogP contribution is 2.14. The molecule has 0 spiro atoms. The van der Waals surface area contributed by atoms with Gasteiger partial charge in [0.2, 0.25) is 0 Å². The molecule has 2 aromatic carbocycles. The summed E-state index contributed by atoms with van der Waals surface area (Å²) in [6.07, 6.45) is 1.51. The number of benzene rings is 2. The SMILES string of the molecule is COc1ccc(NC(=O)CO/N=C\c2ccc(Cl)cc2)cc1. The van der Waals surface area contributed by atoms with Crippen LogP contribution in [-0.2, 0) is 9.63 Å². The molecule has 1 amide bonds. The van der Waals surface area contributed by atoms with E-state index in [4.69, 9.17) is 21.2 Å². The summed E-state index contributed by atoms with van der Waals surface area (Å²) >= 11 is 5.77. The maximum Gasteiger partial charge on any atom is 0.265 e. The molecule has 0 bridgehead atoms. The van der Waals surface area contributed by atoms with E-state index in [0.29, 0.717) is 10.7 Å². The van der Waals surface area contributed by atoms with Crippen LogP contribution >= 0.6 is 11.6 Å². The van der Waals surface area contributed by atoms with Gasteiger partial charge in [0, 0.05) is 10.7 Å². The fourth-order valence-electron chi connectivity index (χ4n) is 1.61. The molecule has 0 aliphatic rings. The van der Waals surface area contributed by atoms with Crippen LogP contribution in [0.5, 0.6) is 5.75 Å². The van der Waals surface area contributed by atoms with Gasteiger partial charge in [-0.15, -0.1) is 0 Å². The molecule has 1 N–H and O–H groups in total. The Morgan fingerprint density at radius 3 is 2.50 bits per heavy atom. The molecule has 2 aromatic rings. The second kappa shape index (κ2) is 8.05. The lowest BCUT2D eigenvalue weighted by molar-refractivity contribution is -0.120. The Hall–Kier alpha value is -2.53. The van der Waals surface area contributed by atoms with Crippen LogP contribution in [0.2, 0.25) is 5.02 Å². The first kappa shape index (κ1) is 15.9. The zero-order chi connectivity index (χ0) is 15.8. The minimum atomic E-state index is -0.293. The summed E-state index contributed by atoms with van der Waals surface area (Å²) in [7, 11) is 1.58. The summed E-state index contributed by atoms with van der Waals surface area (Å²) in [5, 5.41) is 7.07. The van der Waals surface area contributed by atoms with Crippen molar-refractivity contribution in [2.75, 3.05) is 19.0 Å². The lowest BCUT2D eigenvalue weighted by Crippen LogP contribution is -2.16. The van der Waals surface area contributed by atoms with Crippen LogP contribution in [0, 0.1) is 0 Å². The molecule has 0 aromatic heterocycles. The molecule has 0 saturated carbocycles. The third-order valence-corrected chi connectivity index (χ3v) is 2.97. The molecule has 0 atom stereocenters. The van der Waals surface area contributed by atoms with E-state index < -0.39 is 0 Å². The molecule has 0 aliphatic heterocycles. The Balaban J connectivity index is 1.76. The van der Waals surface area contributed by atoms with Gasteiger partial charge in [0.05, 0.1) is 13.3 Å². The first-order chi connectivity index (χ1) is 10.7. The summed E-state index contributed by atoms with van der Waals surface area (Å²) < 4.78 is 5.04. The van der Waals surface area contributed by atoms with Crippen LogP contribution in [0.4, 0.5) is 5.69 Å². The van der Waals surface area contributed by atoms with Gasteiger partial charge in [-0.1, -0.05) is 28.9 Å². The average Bonchev–Trinajstić information content (AvgIpc) is 2.54. The molecule has 5 nitrogen and oxygen atoms in total. The minimum absolute atomic E-state index is 0.171. The fraction of sp³-hybridized carbons (Fsp3) is 0.125. The van der Waals surface area contributed by atoms with Crippen molar-refractivity contribution in [2.45, 2.75) is 0 Å². The topological polar surface area (TPSA) is 59.9 Å². The summed E-state index contributed by atoms with van der Waals surface area (Å²) in [4.78, 5) is 16.6. The van der Waals surface area contributed by atoms with Gasteiger partial charge in [0.1, 0.15) is 5.75 Å². The first-order valence-electron chi connectivity index (χ1n) is 6.52. The third kappa shape index (κ3) is 5.10. The molecule has 2 rings (SSSR count). The van der Waals surface area contributed by atoms with Gasteiger partial charge in [0.15, 0.2) is 6.61 Å². The maximum absolute atomic E-state index is 11.7. The molecule has 0 unspecified atom stereocenters. The second-order valence-corrected chi connectivity index (χ2v) is 4.77. The van der Waals surface area contributed by atoms with E-state index in [0.717, 1.165) is 11.3 Å². The van der Waals surface area contributed by atoms with Crippen molar-refractivity contribution in [1.82, 2.24) is 0 Å². The number of carbonyl (C=O) groups excluding carboxylic acids is 1. The molecule has 114 valence electrons. The first-order valence-corrected chi connectivity index (χ1v) is 6.90. The van der Waals surface area contributed by atoms with Crippen LogP contribution in [0.3, 0.4) is 0 Å². The molecule has 6 heteroatoms. The maximum atomic E-state index is 11.7. The number of amides is 1. The van der Waals surface area contributed by atoms with Crippen molar-refractivity contribution < 1.29 is 14.4 Å². The average molecular weight is 319 g/mol. The number of rotatable bonds is 6. The van der Waals surface area contributed by atoms with Gasteiger partial charge in [-0.3, -0.25) is 4.79 Å². The fourth-order valence-corrected chi connectivity index (χ4v) is 1.74. The number of hydrogen-bond donors (Lipinski definition) is 1. The third-order valence-electron chi connectivity index (χ3n) is 2.72. The molecule has 22 heavy (non-hydrogen) atoms.